The van der Waals surface area contributed by atoms with E-state index in [-0.39, 0.29) is 19.0 Å². The van der Waals surface area contributed by atoms with Crippen LogP contribution in [-0.4, -0.2) is 10.1 Å². The minimum absolute atomic E-state index is 0. The number of nitrogens with zero attached hydrogens (tertiary/aromatic N) is 2. The lowest BCUT2D eigenvalue weighted by molar-refractivity contribution is 0.241. The minimum atomic E-state index is -0.419. The topological polar surface area (TPSA) is 74.2 Å². The van der Waals surface area contributed by atoms with Crippen molar-refractivity contribution in [1.82, 2.24) is 10.1 Å². The van der Waals surface area contributed by atoms with E-state index in [1.54, 1.807) is 0 Å². The van der Waals surface area contributed by atoms with Gasteiger partial charge in [0.1, 0.15) is 5.75 Å². The van der Waals surface area contributed by atoms with Gasteiger partial charge in [-0.3, -0.25) is 0 Å². The number of aromatic nitrogens is 2. The highest BCUT2D eigenvalue weighted by molar-refractivity contribution is 9.10. The Labute approximate surface area is 137 Å². The quantitative estimate of drug-likeness (QED) is 0.885. The Balaban J connectivity index is 0.00000161. The number of ether oxygens (including phenoxy) is 1. The molecule has 2 aromatic rings. The van der Waals surface area contributed by atoms with Gasteiger partial charge in [-0.05, 0) is 31.0 Å². The van der Waals surface area contributed by atoms with Crippen LogP contribution in [0, 0.1) is 0 Å². The number of nitrogens with two attached hydrogens (primary N) is 1. The van der Waals surface area contributed by atoms with Crippen LogP contribution < -0.4 is 10.5 Å². The van der Waals surface area contributed by atoms with Gasteiger partial charge in [0.2, 0.25) is 0 Å². The van der Waals surface area contributed by atoms with Gasteiger partial charge in [-0.2, -0.15) is 4.98 Å². The van der Waals surface area contributed by atoms with Crippen molar-refractivity contribution in [2.24, 2.45) is 5.73 Å². The molecule has 1 heterocycles. The van der Waals surface area contributed by atoms with Gasteiger partial charge in [-0.15, -0.1) is 12.4 Å². The molecule has 1 fully saturated rings. The highest BCUT2D eigenvalue weighted by atomic mass is 79.9. The van der Waals surface area contributed by atoms with E-state index >= 15 is 0 Å². The molecule has 0 saturated heterocycles. The molecular formula is C14H17BrClN3O2. The minimum Gasteiger partial charge on any atom is -0.484 e. The summed E-state index contributed by atoms with van der Waals surface area (Å²) in [6.07, 6.45) is 4.07. The van der Waals surface area contributed by atoms with Crippen LogP contribution in [0.2, 0.25) is 0 Å². The number of hydrogen-bond donors (Lipinski definition) is 1. The summed E-state index contributed by atoms with van der Waals surface area (Å²) < 4.78 is 11.8. The molecule has 0 radical (unpaired) electrons. The first kappa shape index (κ1) is 16.3. The van der Waals surface area contributed by atoms with Crippen LogP contribution in [0.25, 0.3) is 0 Å². The van der Waals surface area contributed by atoms with Crippen molar-refractivity contribution in [3.8, 4) is 5.75 Å². The third kappa shape index (κ3) is 3.75. The molecule has 5 nitrogen and oxygen atoms in total. The van der Waals surface area contributed by atoms with E-state index in [4.69, 9.17) is 15.0 Å². The molecule has 0 unspecified atom stereocenters. The summed E-state index contributed by atoms with van der Waals surface area (Å²) in [7, 11) is 0. The maximum absolute atomic E-state index is 6.29. The Hall–Kier alpha value is -1.11. The van der Waals surface area contributed by atoms with E-state index in [1.165, 1.54) is 0 Å². The predicted octanol–water partition coefficient (Wildman–Crippen LogP) is 3.56. The van der Waals surface area contributed by atoms with E-state index in [9.17, 15) is 0 Å². The maximum atomic E-state index is 6.29. The highest BCUT2D eigenvalue weighted by Gasteiger charge is 2.35. The van der Waals surface area contributed by atoms with Gasteiger partial charge in [0, 0.05) is 4.47 Å². The van der Waals surface area contributed by atoms with Gasteiger partial charge >= 0.3 is 0 Å². The third-order valence-electron chi connectivity index (χ3n) is 3.57. The van der Waals surface area contributed by atoms with Crippen molar-refractivity contribution < 1.29 is 9.26 Å². The van der Waals surface area contributed by atoms with Crippen LogP contribution in [0.5, 0.6) is 5.75 Å². The summed E-state index contributed by atoms with van der Waals surface area (Å²) in [6.45, 7) is 0.250. The van der Waals surface area contributed by atoms with E-state index in [0.717, 1.165) is 35.9 Å². The molecule has 1 saturated carbocycles. The average molecular weight is 375 g/mol. The molecule has 1 aliphatic rings. The highest BCUT2D eigenvalue weighted by Crippen LogP contribution is 2.34. The Kier molecular flexibility index (Phi) is 5.24. The Bertz CT molecular complexity index is 599. The van der Waals surface area contributed by atoms with Crippen LogP contribution in [0.15, 0.2) is 33.3 Å². The molecule has 1 aromatic heterocycles. The second kappa shape index (κ2) is 6.77. The summed E-state index contributed by atoms with van der Waals surface area (Å²) in [6, 6.07) is 7.62. The van der Waals surface area contributed by atoms with E-state index in [2.05, 4.69) is 26.1 Å². The molecule has 1 aromatic carbocycles. The Morgan fingerprint density at radius 3 is 2.81 bits per heavy atom. The number of rotatable bonds is 4. The molecule has 21 heavy (non-hydrogen) atoms. The van der Waals surface area contributed by atoms with Crippen molar-refractivity contribution in [1.29, 1.82) is 0 Å². The van der Waals surface area contributed by atoms with E-state index in [1.807, 2.05) is 24.3 Å². The summed E-state index contributed by atoms with van der Waals surface area (Å²) in [4.78, 5) is 4.36. The molecule has 0 amide bonds. The van der Waals surface area contributed by atoms with Crippen LogP contribution in [0.1, 0.15) is 37.4 Å². The maximum Gasteiger partial charge on any atom is 0.264 e. The van der Waals surface area contributed by atoms with Crippen LogP contribution in [-0.2, 0) is 12.1 Å². The van der Waals surface area contributed by atoms with Crippen molar-refractivity contribution in [2.75, 3.05) is 0 Å². The van der Waals surface area contributed by atoms with Crippen molar-refractivity contribution in [3.05, 3.63) is 40.5 Å². The molecule has 3 rings (SSSR count). The molecule has 1 aliphatic carbocycles. The summed E-state index contributed by atoms with van der Waals surface area (Å²) >= 11 is 3.40. The van der Waals surface area contributed by atoms with Gasteiger partial charge in [0.05, 0.1) is 5.54 Å². The second-order valence-electron chi connectivity index (χ2n) is 5.12. The number of halogens is 2. The Morgan fingerprint density at radius 1 is 1.33 bits per heavy atom. The Morgan fingerprint density at radius 2 is 2.10 bits per heavy atom. The number of hydrogen-bond acceptors (Lipinski definition) is 5. The molecule has 114 valence electrons. The summed E-state index contributed by atoms with van der Waals surface area (Å²) in [5.74, 6) is 1.81. The van der Waals surface area contributed by atoms with Crippen LogP contribution in [0.4, 0.5) is 0 Å². The first-order chi connectivity index (χ1) is 9.66. The summed E-state index contributed by atoms with van der Waals surface area (Å²) in [5.41, 5.74) is 5.87. The molecule has 0 aliphatic heterocycles. The van der Waals surface area contributed by atoms with Gasteiger partial charge in [-0.25, -0.2) is 0 Å². The molecular weight excluding hydrogens is 358 g/mol. The molecule has 0 atom stereocenters. The smallest absolute Gasteiger partial charge is 0.264 e. The van der Waals surface area contributed by atoms with E-state index < -0.39 is 5.54 Å². The molecule has 2 N–H and O–H groups in total. The lowest BCUT2D eigenvalue weighted by Gasteiger charge is -2.17. The SMILES string of the molecule is Cl.NC1(c2noc(COc3cccc(Br)c3)n2)CCCC1. The van der Waals surface area contributed by atoms with Crippen molar-refractivity contribution in [3.63, 3.8) is 0 Å². The lowest BCUT2D eigenvalue weighted by atomic mass is 9.99. The monoisotopic (exact) mass is 373 g/mol. The number of benzene rings is 1. The van der Waals surface area contributed by atoms with Gasteiger partial charge < -0.3 is 15.0 Å². The molecule has 0 spiro atoms. The fourth-order valence-electron chi connectivity index (χ4n) is 2.45. The zero-order chi connectivity index (χ0) is 14.0. The third-order valence-corrected chi connectivity index (χ3v) is 4.06. The molecule has 0 bridgehead atoms. The lowest BCUT2D eigenvalue weighted by Crippen LogP contribution is -2.34. The van der Waals surface area contributed by atoms with Crippen LogP contribution in [0.3, 0.4) is 0 Å². The zero-order valence-corrected chi connectivity index (χ0v) is 13.8. The average Bonchev–Trinajstić information content (AvgIpc) is 3.06. The normalized spacial score (nSPS) is 16.5. The van der Waals surface area contributed by atoms with Crippen molar-refractivity contribution >= 4 is 28.3 Å². The standard InChI is InChI=1S/C14H16BrN3O2.ClH/c15-10-4-3-5-11(8-10)19-9-12-17-13(18-20-12)14(16)6-1-2-7-14;/h3-5,8H,1-2,6-7,9,16H2;1H. The van der Waals surface area contributed by atoms with Crippen LogP contribution >= 0.6 is 28.3 Å². The second-order valence-corrected chi connectivity index (χ2v) is 6.04. The van der Waals surface area contributed by atoms with Gasteiger partial charge in [0.15, 0.2) is 12.4 Å². The first-order valence-corrected chi connectivity index (χ1v) is 7.45. The zero-order valence-electron chi connectivity index (χ0n) is 11.4. The molecule has 7 heteroatoms. The largest absolute Gasteiger partial charge is 0.484 e. The van der Waals surface area contributed by atoms with Gasteiger partial charge in [-0.1, -0.05) is 40.0 Å². The van der Waals surface area contributed by atoms with Gasteiger partial charge in [0.25, 0.3) is 5.89 Å². The first-order valence-electron chi connectivity index (χ1n) is 6.66. The fraction of sp³-hybridized carbons (Fsp3) is 0.429. The van der Waals surface area contributed by atoms with E-state index in [0.29, 0.717) is 11.7 Å². The fourth-order valence-corrected chi connectivity index (χ4v) is 2.83. The van der Waals surface area contributed by atoms with Crippen molar-refractivity contribution in [2.45, 2.75) is 37.8 Å². The summed E-state index contributed by atoms with van der Waals surface area (Å²) in [5, 5.41) is 4.00. The predicted molar refractivity (Wildman–Crippen MR) is 84.4 cm³/mol.